The number of nitrogens with zero attached hydrogens (tertiary/aromatic N) is 3. The maximum Gasteiger partial charge on any atom is 0.356 e. The number of anilines is 1. The van der Waals surface area contributed by atoms with Gasteiger partial charge in [0.15, 0.2) is 5.82 Å². The van der Waals surface area contributed by atoms with Gasteiger partial charge in [-0.1, -0.05) is 0 Å². The second-order valence-corrected chi connectivity index (χ2v) is 7.90. The minimum absolute atomic E-state index is 0.248. The Morgan fingerprint density at radius 2 is 2.14 bits per heavy atom. The topological polar surface area (TPSA) is 93.5 Å². The number of hydrogen-bond donors (Lipinski definition) is 1. The second-order valence-electron chi connectivity index (χ2n) is 5.69. The van der Waals surface area contributed by atoms with Crippen LogP contribution in [-0.2, 0) is 22.6 Å². The fourth-order valence-electron chi connectivity index (χ4n) is 2.27. The van der Waals surface area contributed by atoms with Crippen LogP contribution in [0.5, 0.6) is 0 Å². The zero-order valence-electron chi connectivity index (χ0n) is 13.1. The molecule has 2 rings (SSSR count). The summed E-state index contributed by atoms with van der Waals surface area (Å²) in [5.74, 6) is 0.207. The van der Waals surface area contributed by atoms with Gasteiger partial charge in [0.25, 0.3) is 0 Å². The summed E-state index contributed by atoms with van der Waals surface area (Å²) < 4.78 is 17.4. The number of esters is 1. The lowest BCUT2D eigenvalue weighted by molar-refractivity contribution is 0.0588. The molecule has 122 valence electrons. The van der Waals surface area contributed by atoms with Crippen LogP contribution >= 0.6 is 0 Å². The third kappa shape index (κ3) is 3.29. The first-order chi connectivity index (χ1) is 10.2. The van der Waals surface area contributed by atoms with Gasteiger partial charge >= 0.3 is 12.0 Å². The summed E-state index contributed by atoms with van der Waals surface area (Å²) in [5, 5.41) is 6.72. The number of methoxy groups -OCH3 is 1. The zero-order chi connectivity index (χ0) is 16.5. The number of rotatable bonds is 2. The Labute approximate surface area is 131 Å². The first-order valence-corrected chi connectivity index (χ1v) is 8.13. The van der Waals surface area contributed by atoms with Crippen LogP contribution in [0.2, 0.25) is 0 Å². The predicted molar refractivity (Wildman–Crippen MR) is 82.2 cm³/mol. The third-order valence-corrected chi connectivity index (χ3v) is 5.45. The van der Waals surface area contributed by atoms with Gasteiger partial charge in [-0.05, 0) is 13.8 Å². The van der Waals surface area contributed by atoms with Gasteiger partial charge in [-0.15, -0.1) is 0 Å². The SMILES string of the molecule is COC(=O)c1cc(NC(=O)N2CCS(=O)C(C)(C)C2)nn1C. The third-order valence-electron chi connectivity index (χ3n) is 3.53. The van der Waals surface area contributed by atoms with E-state index in [9.17, 15) is 13.8 Å². The van der Waals surface area contributed by atoms with Gasteiger partial charge in [-0.3, -0.25) is 14.2 Å². The number of aromatic nitrogens is 2. The van der Waals surface area contributed by atoms with Crippen molar-refractivity contribution in [1.82, 2.24) is 14.7 Å². The average molecular weight is 328 g/mol. The first-order valence-electron chi connectivity index (χ1n) is 6.81. The Balaban J connectivity index is 2.07. The highest BCUT2D eigenvalue weighted by molar-refractivity contribution is 7.86. The van der Waals surface area contributed by atoms with E-state index >= 15 is 0 Å². The van der Waals surface area contributed by atoms with Crippen molar-refractivity contribution in [2.45, 2.75) is 18.6 Å². The molecule has 1 aromatic rings. The molecule has 0 spiro atoms. The zero-order valence-corrected chi connectivity index (χ0v) is 13.9. The smallest absolute Gasteiger partial charge is 0.356 e. The van der Waals surface area contributed by atoms with Crippen LogP contribution in [-0.4, -0.2) is 61.6 Å². The molecule has 1 fully saturated rings. The van der Waals surface area contributed by atoms with Crippen LogP contribution in [0, 0.1) is 0 Å². The molecule has 1 N–H and O–H groups in total. The van der Waals surface area contributed by atoms with E-state index in [1.807, 2.05) is 13.8 Å². The molecule has 1 unspecified atom stereocenters. The quantitative estimate of drug-likeness (QED) is 0.802. The van der Waals surface area contributed by atoms with Crippen LogP contribution in [0.1, 0.15) is 24.3 Å². The van der Waals surface area contributed by atoms with E-state index < -0.39 is 21.5 Å². The normalized spacial score (nSPS) is 20.5. The number of nitrogens with one attached hydrogen (secondary N) is 1. The van der Waals surface area contributed by atoms with Gasteiger partial charge in [0.2, 0.25) is 0 Å². The minimum Gasteiger partial charge on any atom is -0.464 e. The molecule has 0 bridgehead atoms. The number of urea groups is 1. The van der Waals surface area contributed by atoms with E-state index in [1.54, 1.807) is 11.9 Å². The van der Waals surface area contributed by atoms with Crippen LogP contribution in [0.15, 0.2) is 6.07 Å². The summed E-state index contributed by atoms with van der Waals surface area (Å²) in [5.41, 5.74) is 0.248. The largest absolute Gasteiger partial charge is 0.464 e. The first kappa shape index (κ1) is 16.5. The summed E-state index contributed by atoms with van der Waals surface area (Å²) >= 11 is 0. The summed E-state index contributed by atoms with van der Waals surface area (Å²) in [6.45, 7) is 4.58. The van der Waals surface area contributed by atoms with Crippen molar-refractivity contribution in [2.75, 3.05) is 31.3 Å². The lowest BCUT2D eigenvalue weighted by atomic mass is 10.2. The minimum atomic E-state index is -0.944. The number of hydrogen-bond acceptors (Lipinski definition) is 5. The van der Waals surface area contributed by atoms with Crippen molar-refractivity contribution in [1.29, 1.82) is 0 Å². The van der Waals surface area contributed by atoms with Crippen molar-refractivity contribution in [3.63, 3.8) is 0 Å². The summed E-state index contributed by atoms with van der Waals surface area (Å²) in [4.78, 5) is 25.4. The number of ether oxygens (including phenoxy) is 1. The monoisotopic (exact) mass is 328 g/mol. The number of carbonyl (C=O) groups is 2. The van der Waals surface area contributed by atoms with Crippen LogP contribution < -0.4 is 5.32 Å². The number of carbonyl (C=O) groups excluding carboxylic acids is 2. The maximum absolute atomic E-state index is 12.3. The Bertz CT molecular complexity index is 626. The summed E-state index contributed by atoms with van der Waals surface area (Å²) in [6, 6.07) is 1.14. The van der Waals surface area contributed by atoms with E-state index in [-0.39, 0.29) is 17.5 Å². The molecule has 1 aliphatic rings. The maximum atomic E-state index is 12.3. The fourth-order valence-corrected chi connectivity index (χ4v) is 3.50. The molecular formula is C13H20N4O4S. The van der Waals surface area contributed by atoms with Crippen molar-refractivity contribution >= 4 is 28.6 Å². The Morgan fingerprint density at radius 3 is 2.73 bits per heavy atom. The molecular weight excluding hydrogens is 308 g/mol. The van der Waals surface area contributed by atoms with Crippen molar-refractivity contribution in [3.8, 4) is 0 Å². The lowest BCUT2D eigenvalue weighted by Gasteiger charge is -2.36. The Kier molecular flexibility index (Phi) is 4.55. The molecule has 8 nitrogen and oxygen atoms in total. The van der Waals surface area contributed by atoms with Gasteiger partial charge in [0.05, 0.1) is 11.9 Å². The van der Waals surface area contributed by atoms with Crippen LogP contribution in [0.3, 0.4) is 0 Å². The van der Waals surface area contributed by atoms with E-state index in [0.29, 0.717) is 18.8 Å². The van der Waals surface area contributed by atoms with Crippen LogP contribution in [0.25, 0.3) is 0 Å². The molecule has 0 aromatic carbocycles. The number of amides is 2. The molecule has 1 saturated heterocycles. The molecule has 22 heavy (non-hydrogen) atoms. The summed E-state index contributed by atoms with van der Waals surface area (Å²) in [7, 11) is 1.93. The molecule has 0 saturated carbocycles. The van der Waals surface area contributed by atoms with Gasteiger partial charge in [-0.25, -0.2) is 9.59 Å². The lowest BCUT2D eigenvalue weighted by Crippen LogP contribution is -2.53. The molecule has 9 heteroatoms. The van der Waals surface area contributed by atoms with Crippen molar-refractivity contribution in [3.05, 3.63) is 11.8 Å². The van der Waals surface area contributed by atoms with Gasteiger partial charge in [0, 0.05) is 42.8 Å². The van der Waals surface area contributed by atoms with Gasteiger partial charge < -0.3 is 9.64 Å². The Morgan fingerprint density at radius 1 is 1.45 bits per heavy atom. The molecule has 2 heterocycles. The number of aryl methyl sites for hydroxylation is 1. The van der Waals surface area contributed by atoms with Gasteiger partial charge in [0.1, 0.15) is 5.69 Å². The van der Waals surface area contributed by atoms with E-state index in [4.69, 9.17) is 0 Å². The highest BCUT2D eigenvalue weighted by Gasteiger charge is 2.35. The Hall–Kier alpha value is -1.90. The standard InChI is InChI=1S/C13H20N4O4S/c1-13(2)8-17(5-6-22(13)20)12(19)14-10-7-9(11(18)21-4)16(3)15-10/h7H,5-6,8H2,1-4H3,(H,14,15,19). The van der Waals surface area contributed by atoms with Gasteiger partial charge in [-0.2, -0.15) is 5.10 Å². The summed E-state index contributed by atoms with van der Waals surface area (Å²) in [6.07, 6.45) is 0. The van der Waals surface area contributed by atoms with E-state index in [2.05, 4.69) is 15.2 Å². The molecule has 1 aliphatic heterocycles. The highest BCUT2D eigenvalue weighted by atomic mass is 32.2. The molecule has 0 radical (unpaired) electrons. The average Bonchev–Trinajstić information content (AvgIpc) is 2.81. The molecule has 1 atom stereocenters. The van der Waals surface area contributed by atoms with Crippen LogP contribution in [0.4, 0.5) is 10.6 Å². The van der Waals surface area contributed by atoms with E-state index in [1.165, 1.54) is 17.9 Å². The molecule has 1 aromatic heterocycles. The fraction of sp³-hybridized carbons (Fsp3) is 0.615. The van der Waals surface area contributed by atoms with Crippen molar-refractivity contribution < 1.29 is 18.5 Å². The molecule has 2 amide bonds. The molecule has 0 aliphatic carbocycles. The predicted octanol–water partition coefficient (Wildman–Crippen LogP) is 0.581. The van der Waals surface area contributed by atoms with Crippen molar-refractivity contribution in [2.24, 2.45) is 7.05 Å². The van der Waals surface area contributed by atoms with E-state index in [0.717, 1.165) is 0 Å². The highest BCUT2D eigenvalue weighted by Crippen LogP contribution is 2.21. The second kappa shape index (κ2) is 6.07.